The van der Waals surface area contributed by atoms with Gasteiger partial charge in [-0.05, 0) is 22.5 Å². The van der Waals surface area contributed by atoms with Crippen molar-refractivity contribution < 1.29 is 13.4 Å². The minimum absolute atomic E-state index is 0.177. The van der Waals surface area contributed by atoms with Gasteiger partial charge in [0.25, 0.3) is 0 Å². The monoisotopic (exact) mass is 194 g/mol. The number of rotatable bonds is 0. The lowest BCUT2D eigenvalue weighted by molar-refractivity contribution is 0.462. The first-order chi connectivity index (χ1) is 3.41. The average molecular weight is 195 g/mol. The van der Waals surface area contributed by atoms with Gasteiger partial charge in [-0.1, -0.05) is 0 Å². The summed E-state index contributed by atoms with van der Waals surface area (Å²) in [5.41, 5.74) is 0. The second-order valence-corrected chi connectivity index (χ2v) is 8.64. The molecule has 0 bridgehead atoms. The normalized spacial score (nSPS) is 55.2. The molecule has 0 N–H and O–H groups in total. The molecule has 1 aliphatic heterocycles. The van der Waals surface area contributed by atoms with Gasteiger partial charge in [-0.2, -0.15) is 0 Å². The molecule has 1 saturated heterocycles. The van der Waals surface area contributed by atoms with E-state index < -0.39 is 13.4 Å². The van der Waals surface area contributed by atoms with E-state index in [1.54, 1.807) is 0 Å². The lowest BCUT2D eigenvalue weighted by Gasteiger charge is -2.24. The first-order valence-electron chi connectivity index (χ1n) is 1.70. The molecule has 0 aromatic heterocycles. The number of hydrogen-bond acceptors (Lipinski definition) is 3. The fraction of sp³-hybridized carbons (Fsp3) is 1.00. The minimum Gasteiger partial charge on any atom is -0.274 e. The Morgan fingerprint density at radius 1 is 1.25 bits per heavy atom. The summed E-state index contributed by atoms with van der Waals surface area (Å²) >= 11 is 10.1. The third-order valence-electron chi connectivity index (χ3n) is 0.582. The molecular formula is CH2Cl2O3P2. The SMILES string of the molecule is O=P1(Cl)CP(=O)(Cl)O1. The van der Waals surface area contributed by atoms with Crippen molar-refractivity contribution in [2.45, 2.75) is 0 Å². The number of halogens is 2. The summed E-state index contributed by atoms with van der Waals surface area (Å²) < 4.78 is 24.9. The van der Waals surface area contributed by atoms with E-state index in [4.69, 9.17) is 22.5 Å². The van der Waals surface area contributed by atoms with Crippen molar-refractivity contribution in [3.05, 3.63) is 0 Å². The van der Waals surface area contributed by atoms with E-state index in [0.717, 1.165) is 0 Å². The Morgan fingerprint density at radius 3 is 1.50 bits per heavy atom. The molecule has 1 fully saturated rings. The fourth-order valence-corrected chi connectivity index (χ4v) is 8.50. The molecular weight excluding hydrogens is 193 g/mol. The highest BCUT2D eigenvalue weighted by molar-refractivity contribution is 8.10. The Hall–Kier alpha value is 1.00. The van der Waals surface area contributed by atoms with Crippen LogP contribution < -0.4 is 0 Å². The Morgan fingerprint density at radius 2 is 1.50 bits per heavy atom. The Labute approximate surface area is 55.8 Å². The van der Waals surface area contributed by atoms with Crippen molar-refractivity contribution in [1.82, 2.24) is 0 Å². The molecule has 2 atom stereocenters. The van der Waals surface area contributed by atoms with Gasteiger partial charge in [0.15, 0.2) is 0 Å². The van der Waals surface area contributed by atoms with Crippen LogP contribution in [0, 0.1) is 0 Å². The maximum atomic E-state index is 10.4. The molecule has 2 unspecified atom stereocenters. The topological polar surface area (TPSA) is 43.4 Å². The van der Waals surface area contributed by atoms with Gasteiger partial charge in [-0.25, -0.2) is 4.31 Å². The molecule has 48 valence electrons. The Balaban J connectivity index is 2.68. The molecule has 0 saturated carbocycles. The predicted octanol–water partition coefficient (Wildman–Crippen LogP) is 2.84. The van der Waals surface area contributed by atoms with E-state index in [0.29, 0.717) is 0 Å². The average Bonchev–Trinajstić information content (AvgIpc) is 1.20. The second-order valence-electron chi connectivity index (χ2n) is 1.40. The van der Waals surface area contributed by atoms with E-state index in [2.05, 4.69) is 4.31 Å². The quantitative estimate of drug-likeness (QED) is 0.558. The lowest BCUT2D eigenvalue weighted by atomic mass is 11.9. The van der Waals surface area contributed by atoms with E-state index in [-0.39, 0.29) is 5.90 Å². The predicted molar refractivity (Wildman–Crippen MR) is 32.9 cm³/mol. The maximum absolute atomic E-state index is 10.4. The zero-order valence-corrected chi connectivity index (χ0v) is 6.88. The Kier molecular flexibility index (Phi) is 1.55. The summed E-state index contributed by atoms with van der Waals surface area (Å²) in [6, 6.07) is 0. The highest BCUT2D eigenvalue weighted by atomic mass is 35.7. The van der Waals surface area contributed by atoms with Crippen LogP contribution >= 0.6 is 35.9 Å². The summed E-state index contributed by atoms with van der Waals surface area (Å²) in [7, 11) is 0. The lowest BCUT2D eigenvalue weighted by Crippen LogP contribution is -1.97. The summed E-state index contributed by atoms with van der Waals surface area (Å²) in [6.45, 7) is -6.02. The number of hydrogen-bond donors (Lipinski definition) is 0. The molecule has 0 aromatic rings. The van der Waals surface area contributed by atoms with Crippen LogP contribution in [0.15, 0.2) is 0 Å². The molecule has 1 aliphatic rings. The standard InChI is InChI=1S/CH2Cl2O3P2/c2-7(4)1-8(3,5)6-7/h1H2. The van der Waals surface area contributed by atoms with Crippen LogP contribution in [0.3, 0.4) is 0 Å². The highest BCUT2D eigenvalue weighted by Crippen LogP contribution is 2.84. The van der Waals surface area contributed by atoms with Gasteiger partial charge in [0, 0.05) is 0 Å². The third kappa shape index (κ3) is 1.49. The smallest absolute Gasteiger partial charge is 0.274 e. The molecule has 8 heavy (non-hydrogen) atoms. The first kappa shape index (κ1) is 7.11. The van der Waals surface area contributed by atoms with E-state index in [9.17, 15) is 9.13 Å². The minimum atomic E-state index is -3.01. The molecule has 0 amide bonds. The van der Waals surface area contributed by atoms with Gasteiger partial charge in [-0.3, -0.25) is 9.13 Å². The van der Waals surface area contributed by atoms with Gasteiger partial charge in [-0.15, -0.1) is 0 Å². The van der Waals surface area contributed by atoms with Gasteiger partial charge >= 0.3 is 13.4 Å². The molecule has 0 aliphatic carbocycles. The zero-order valence-electron chi connectivity index (χ0n) is 3.58. The molecule has 0 aromatic carbocycles. The summed E-state index contributed by atoms with van der Waals surface area (Å²) in [6.07, 6.45) is 0. The molecule has 0 spiro atoms. The van der Waals surface area contributed by atoms with Gasteiger partial charge in [0.05, 0.1) is 0 Å². The molecule has 1 rings (SSSR count). The van der Waals surface area contributed by atoms with Crippen LogP contribution in [0.4, 0.5) is 0 Å². The second kappa shape index (κ2) is 1.74. The van der Waals surface area contributed by atoms with Crippen LogP contribution in [0.25, 0.3) is 0 Å². The van der Waals surface area contributed by atoms with Crippen molar-refractivity contribution in [1.29, 1.82) is 0 Å². The van der Waals surface area contributed by atoms with E-state index in [1.165, 1.54) is 0 Å². The zero-order chi connectivity index (χ0) is 6.41. The van der Waals surface area contributed by atoms with Crippen LogP contribution in [-0.2, 0) is 13.4 Å². The van der Waals surface area contributed by atoms with Crippen molar-refractivity contribution in [3.63, 3.8) is 0 Å². The molecule has 0 radical (unpaired) electrons. The van der Waals surface area contributed by atoms with Gasteiger partial charge in [0.1, 0.15) is 5.90 Å². The first-order valence-corrected chi connectivity index (χ1v) is 7.13. The fourth-order valence-electron chi connectivity index (χ4n) is 0.377. The maximum Gasteiger partial charge on any atom is 0.307 e. The molecule has 3 nitrogen and oxygen atoms in total. The highest BCUT2D eigenvalue weighted by Gasteiger charge is 2.48. The van der Waals surface area contributed by atoms with Gasteiger partial charge < -0.3 is 0 Å². The largest absolute Gasteiger partial charge is 0.307 e. The third-order valence-corrected chi connectivity index (χ3v) is 8.27. The van der Waals surface area contributed by atoms with Crippen molar-refractivity contribution in [3.8, 4) is 0 Å². The van der Waals surface area contributed by atoms with Crippen molar-refractivity contribution >= 4 is 35.9 Å². The van der Waals surface area contributed by atoms with Crippen molar-refractivity contribution in [2.24, 2.45) is 0 Å². The molecule has 1 heterocycles. The van der Waals surface area contributed by atoms with Crippen LogP contribution in [0.1, 0.15) is 0 Å². The van der Waals surface area contributed by atoms with E-state index in [1.807, 2.05) is 0 Å². The van der Waals surface area contributed by atoms with Crippen LogP contribution in [-0.4, -0.2) is 5.90 Å². The van der Waals surface area contributed by atoms with Crippen LogP contribution in [0.5, 0.6) is 0 Å². The molecule has 7 heteroatoms. The summed E-state index contributed by atoms with van der Waals surface area (Å²) in [5, 5.41) is 0. The Bertz CT molecular complexity index is 165. The van der Waals surface area contributed by atoms with Crippen LogP contribution in [0.2, 0.25) is 0 Å². The van der Waals surface area contributed by atoms with E-state index >= 15 is 0 Å². The van der Waals surface area contributed by atoms with Crippen molar-refractivity contribution in [2.75, 3.05) is 5.90 Å². The summed E-state index contributed by atoms with van der Waals surface area (Å²) in [5.74, 6) is -0.177. The van der Waals surface area contributed by atoms with Gasteiger partial charge in [0.2, 0.25) is 0 Å². The summed E-state index contributed by atoms with van der Waals surface area (Å²) in [4.78, 5) is 0.